The minimum atomic E-state index is -3.03. The first-order valence-electron chi connectivity index (χ1n) is 23.2. The highest BCUT2D eigenvalue weighted by atomic mass is 32.2. The van der Waals surface area contributed by atoms with Gasteiger partial charge in [-0.3, -0.25) is 4.79 Å². The number of nitrogens with one attached hydrogen (secondary N) is 1. The van der Waals surface area contributed by atoms with Crippen molar-refractivity contribution in [3.05, 3.63) is 59.8 Å². The molecule has 0 spiro atoms. The maximum atomic E-state index is 12.7. The molecule has 4 fully saturated rings. The third-order valence-corrected chi connectivity index (χ3v) is 20.1. The first-order chi connectivity index (χ1) is 27.7. The van der Waals surface area contributed by atoms with Crippen molar-refractivity contribution in [2.24, 2.45) is 50.7 Å². The molecule has 0 aromatic carbocycles. The fourth-order valence-electron chi connectivity index (χ4n) is 14.6. The van der Waals surface area contributed by atoms with E-state index in [-0.39, 0.29) is 45.3 Å². The van der Waals surface area contributed by atoms with Crippen molar-refractivity contribution in [1.82, 2.24) is 10.3 Å². The molecule has 9 heteroatoms. The molecular formula is C50H76N2O6S. The zero-order valence-corrected chi connectivity index (χ0v) is 38.3. The summed E-state index contributed by atoms with van der Waals surface area (Å²) in [5.74, 6) is 1.93. The van der Waals surface area contributed by atoms with Crippen LogP contribution in [-0.4, -0.2) is 65.4 Å². The van der Waals surface area contributed by atoms with Crippen molar-refractivity contribution < 1.29 is 28.2 Å². The number of aliphatic carboxylic acids is 1. The quantitative estimate of drug-likeness (QED) is 0.168. The molecule has 0 unspecified atom stereocenters. The van der Waals surface area contributed by atoms with E-state index in [1.165, 1.54) is 55.2 Å². The van der Waals surface area contributed by atoms with E-state index in [2.05, 4.69) is 77.5 Å². The van der Waals surface area contributed by atoms with Crippen molar-refractivity contribution >= 4 is 15.8 Å². The summed E-state index contributed by atoms with van der Waals surface area (Å²) < 4.78 is 30.2. The number of carboxylic acids is 1. The number of allylic oxidation sites excluding steroid dienone is 5. The van der Waals surface area contributed by atoms with Crippen LogP contribution in [0.5, 0.6) is 5.88 Å². The monoisotopic (exact) mass is 833 g/mol. The summed E-state index contributed by atoms with van der Waals surface area (Å²) in [5.41, 5.74) is 2.70. The zero-order chi connectivity index (χ0) is 42.7. The lowest BCUT2D eigenvalue weighted by atomic mass is 9.37. The largest absolute Gasteiger partial charge is 0.481 e. The van der Waals surface area contributed by atoms with Gasteiger partial charge in [0.25, 0.3) is 0 Å². The molecule has 0 bridgehead atoms. The SMILES string of the molecule is C=C(C)[C@@H]1CC[C@]2(NCCC3(O)CCS(=O)(=O)CC3)CC[C@@](C)([C@]3(C)CC[C@H]4C(C)(C)C(C5=CC[C@@](COc6ccccn6)(C(=O)O)CC5)=CC[C@]4(C)[C@H]3CCC)C[C@@H]12. The van der Waals surface area contributed by atoms with Crippen LogP contribution in [0.1, 0.15) is 151 Å². The van der Waals surface area contributed by atoms with Crippen LogP contribution in [0.15, 0.2) is 59.8 Å². The maximum absolute atomic E-state index is 12.7. The highest BCUT2D eigenvalue weighted by Crippen LogP contribution is 2.72. The number of carboxylic acid groups (broad SMARTS) is 1. The van der Waals surface area contributed by atoms with Gasteiger partial charge in [-0.15, -0.1) is 0 Å². The minimum Gasteiger partial charge on any atom is -0.481 e. The molecule has 328 valence electrons. The molecule has 1 aromatic rings. The first kappa shape index (κ1) is 44.6. The number of carbonyl (C=O) groups is 1. The zero-order valence-electron chi connectivity index (χ0n) is 37.5. The Morgan fingerprint density at radius 2 is 1.73 bits per heavy atom. The van der Waals surface area contributed by atoms with Crippen LogP contribution < -0.4 is 10.1 Å². The Balaban J connectivity index is 1.11. The number of fused-ring (bicyclic) bond motifs is 2. The van der Waals surface area contributed by atoms with Crippen molar-refractivity contribution in [2.45, 2.75) is 162 Å². The number of rotatable bonds is 13. The van der Waals surface area contributed by atoms with Crippen LogP contribution in [0.25, 0.3) is 0 Å². The molecule has 2 heterocycles. The number of nitrogens with zero attached hydrogens (tertiary/aromatic N) is 1. The van der Waals surface area contributed by atoms with Gasteiger partial charge >= 0.3 is 5.97 Å². The average molecular weight is 833 g/mol. The third-order valence-electron chi connectivity index (χ3n) is 18.5. The fourth-order valence-corrected chi connectivity index (χ4v) is 16.2. The molecule has 3 N–H and O–H groups in total. The smallest absolute Gasteiger partial charge is 0.313 e. The van der Waals surface area contributed by atoms with Crippen molar-refractivity contribution in [3.8, 4) is 5.88 Å². The van der Waals surface area contributed by atoms with E-state index >= 15 is 0 Å². The molecule has 7 rings (SSSR count). The van der Waals surface area contributed by atoms with Gasteiger partial charge in [0.15, 0.2) is 9.84 Å². The molecule has 0 radical (unpaired) electrons. The second-order valence-corrected chi connectivity index (χ2v) is 24.3. The highest BCUT2D eigenvalue weighted by molar-refractivity contribution is 7.91. The standard InChI is InChI=1S/C50H76N2O6S/c1-9-12-41-46(7)19-17-38(36-14-21-48(22-15-36,43(53)54)34-58-42-13-10-11-29-51-42)44(4,5)40(46)18-20-47(41,8)45(6)24-25-50(23-16-37(35(2)3)39(50)33-45)52-30-26-49(55)27-31-59(56,57)32-28-49/h10-11,13-14,17,29,37,39-41,52,55H,2,9,12,15-16,18-28,30-34H2,1,3-8H3,(H,53,54)/t37-,39-,40-,41+,45+,46-,47+,48+,50-/m0/s1. The van der Waals surface area contributed by atoms with E-state index in [0.717, 1.165) is 38.6 Å². The molecule has 6 aliphatic rings. The van der Waals surface area contributed by atoms with Gasteiger partial charge in [-0.2, -0.15) is 0 Å². The van der Waals surface area contributed by atoms with Crippen LogP contribution in [-0.2, 0) is 14.6 Å². The van der Waals surface area contributed by atoms with E-state index in [1.54, 1.807) is 12.3 Å². The topological polar surface area (TPSA) is 126 Å². The lowest BCUT2D eigenvalue weighted by molar-refractivity contribution is -0.170. The van der Waals surface area contributed by atoms with Gasteiger partial charge in [-0.25, -0.2) is 13.4 Å². The Morgan fingerprint density at radius 1 is 0.983 bits per heavy atom. The summed E-state index contributed by atoms with van der Waals surface area (Å²) in [6.45, 7) is 22.9. The van der Waals surface area contributed by atoms with Crippen LogP contribution in [0.4, 0.5) is 0 Å². The van der Waals surface area contributed by atoms with Gasteiger partial charge in [0.2, 0.25) is 5.88 Å². The Morgan fingerprint density at radius 3 is 2.36 bits per heavy atom. The summed E-state index contributed by atoms with van der Waals surface area (Å²) in [7, 11) is -3.03. The highest BCUT2D eigenvalue weighted by Gasteiger charge is 2.65. The second kappa shape index (κ2) is 16.0. The summed E-state index contributed by atoms with van der Waals surface area (Å²) in [4.78, 5) is 17.0. The van der Waals surface area contributed by atoms with Crippen molar-refractivity contribution in [2.75, 3.05) is 24.7 Å². The van der Waals surface area contributed by atoms with Crippen LogP contribution in [0.3, 0.4) is 0 Å². The minimum absolute atomic E-state index is 0.0267. The van der Waals surface area contributed by atoms with E-state index < -0.39 is 26.8 Å². The summed E-state index contributed by atoms with van der Waals surface area (Å²) in [6, 6.07) is 5.48. The van der Waals surface area contributed by atoms with Crippen molar-refractivity contribution in [1.29, 1.82) is 0 Å². The van der Waals surface area contributed by atoms with Gasteiger partial charge in [0.1, 0.15) is 12.0 Å². The predicted molar refractivity (Wildman–Crippen MR) is 237 cm³/mol. The molecular weight excluding hydrogens is 757 g/mol. The molecule has 59 heavy (non-hydrogen) atoms. The van der Waals surface area contributed by atoms with Crippen molar-refractivity contribution in [3.63, 3.8) is 0 Å². The fraction of sp³-hybridized carbons (Fsp3) is 0.760. The van der Waals surface area contributed by atoms with Gasteiger partial charge < -0.3 is 20.3 Å². The molecule has 5 aliphatic carbocycles. The Bertz CT molecular complexity index is 1910. The third kappa shape index (κ3) is 7.94. The number of sulfone groups is 1. The average Bonchev–Trinajstić information content (AvgIpc) is 3.56. The van der Waals surface area contributed by atoms with Gasteiger partial charge in [0.05, 0.1) is 17.1 Å². The molecule has 1 aromatic heterocycles. The summed E-state index contributed by atoms with van der Waals surface area (Å²) >= 11 is 0. The molecule has 3 saturated carbocycles. The van der Waals surface area contributed by atoms with Gasteiger partial charge in [0, 0.05) is 17.8 Å². The molecule has 0 amide bonds. The number of ether oxygens (including phenoxy) is 1. The van der Waals surface area contributed by atoms with Gasteiger partial charge in [-0.1, -0.05) is 78.3 Å². The first-order valence-corrected chi connectivity index (χ1v) is 25.0. The van der Waals surface area contributed by atoms with Crippen LogP contribution >= 0.6 is 0 Å². The van der Waals surface area contributed by atoms with E-state index in [1.807, 2.05) is 12.1 Å². The predicted octanol–water partition coefficient (Wildman–Crippen LogP) is 10.3. The normalized spacial score (nSPS) is 39.9. The molecule has 8 nitrogen and oxygen atoms in total. The second-order valence-electron chi connectivity index (χ2n) is 21.9. The Labute approximate surface area is 356 Å². The van der Waals surface area contributed by atoms with Crippen LogP contribution in [0, 0.1) is 50.7 Å². The van der Waals surface area contributed by atoms with Crippen LogP contribution in [0.2, 0.25) is 0 Å². The number of aliphatic hydroxyl groups is 1. The Hall–Kier alpha value is -2.49. The number of hydrogen-bond donors (Lipinski definition) is 3. The number of hydrogen-bond acceptors (Lipinski definition) is 7. The van der Waals surface area contributed by atoms with E-state index in [9.17, 15) is 23.4 Å². The maximum Gasteiger partial charge on any atom is 0.313 e. The number of pyridine rings is 1. The molecule has 1 aliphatic heterocycles. The summed E-state index contributed by atoms with van der Waals surface area (Å²) in [5, 5.41) is 25.9. The summed E-state index contributed by atoms with van der Waals surface area (Å²) in [6.07, 6.45) is 21.2. The molecule has 9 atom stereocenters. The lowest BCUT2D eigenvalue weighted by Gasteiger charge is -2.68. The Kier molecular flexibility index (Phi) is 12.1. The van der Waals surface area contributed by atoms with E-state index in [4.69, 9.17) is 4.74 Å². The molecule has 1 saturated heterocycles. The van der Waals surface area contributed by atoms with E-state index in [0.29, 0.717) is 61.7 Å². The van der Waals surface area contributed by atoms with Gasteiger partial charge in [-0.05, 0) is 172 Å². The number of aromatic nitrogens is 1. The lowest BCUT2D eigenvalue weighted by Crippen LogP contribution is -2.62.